The third-order valence-electron chi connectivity index (χ3n) is 3.56. The average molecular weight is 346 g/mol. The maximum absolute atomic E-state index is 12.3. The van der Waals surface area contributed by atoms with E-state index in [0.29, 0.717) is 17.4 Å². The van der Waals surface area contributed by atoms with Crippen LogP contribution in [0.1, 0.15) is 16.8 Å². The number of aromatic nitrogens is 4. The Balaban J connectivity index is 1.64. The van der Waals surface area contributed by atoms with Crippen molar-refractivity contribution in [2.75, 3.05) is 13.0 Å². The number of aromatic amines is 1. The van der Waals surface area contributed by atoms with Crippen LogP contribution in [-0.4, -0.2) is 37.2 Å². The van der Waals surface area contributed by atoms with E-state index in [2.05, 4.69) is 19.9 Å². The molecule has 1 atom stereocenters. The number of hydrogen-bond acceptors (Lipinski definition) is 6. The van der Waals surface area contributed by atoms with E-state index in [1.807, 2.05) is 19.9 Å². The molecule has 24 heavy (non-hydrogen) atoms. The van der Waals surface area contributed by atoms with Crippen molar-refractivity contribution in [3.8, 4) is 11.8 Å². The maximum atomic E-state index is 12.3. The van der Waals surface area contributed by atoms with E-state index in [0.717, 1.165) is 28.1 Å². The number of pyridine rings is 2. The topological polar surface area (TPSA) is 90.0 Å². The van der Waals surface area contributed by atoms with Crippen molar-refractivity contribution in [1.29, 1.82) is 0 Å². The van der Waals surface area contributed by atoms with Gasteiger partial charge in [0.15, 0.2) is 11.6 Å². The predicted octanol–water partition coefficient (Wildman–Crippen LogP) is 2.26. The molecule has 0 aliphatic rings. The molecule has 3 aromatic heterocycles. The molecule has 126 valence electrons. The summed E-state index contributed by atoms with van der Waals surface area (Å²) in [6.45, 7) is 3.85. The molecule has 0 aliphatic carbocycles. The van der Waals surface area contributed by atoms with Crippen molar-refractivity contribution in [3.05, 3.63) is 41.3 Å². The molecular weight excluding hydrogens is 328 g/mol. The number of aryl methyl sites for hydroxylation is 1. The molecule has 0 bridgehead atoms. The predicted molar refractivity (Wildman–Crippen MR) is 91.5 cm³/mol. The second-order valence-electron chi connectivity index (χ2n) is 5.36. The van der Waals surface area contributed by atoms with Gasteiger partial charge in [-0.15, -0.1) is 0 Å². The van der Waals surface area contributed by atoms with Gasteiger partial charge in [0.1, 0.15) is 5.75 Å². The van der Waals surface area contributed by atoms with Crippen molar-refractivity contribution in [1.82, 2.24) is 19.9 Å². The molecule has 0 saturated carbocycles. The SMILES string of the molecule is COc1ccnc(CS(=O)COc2nc3ncc(C)cc3[nH]2)c1C. The third-order valence-corrected chi connectivity index (χ3v) is 4.53. The number of H-pyrrole nitrogens is 1. The lowest BCUT2D eigenvalue weighted by Gasteiger charge is -2.09. The Kier molecular flexibility index (Phi) is 4.75. The van der Waals surface area contributed by atoms with Gasteiger partial charge in [0.05, 0.1) is 34.9 Å². The van der Waals surface area contributed by atoms with Crippen LogP contribution in [0, 0.1) is 13.8 Å². The molecule has 7 nitrogen and oxygen atoms in total. The molecule has 0 spiro atoms. The van der Waals surface area contributed by atoms with E-state index < -0.39 is 10.8 Å². The number of ether oxygens (including phenoxy) is 2. The fourth-order valence-corrected chi connectivity index (χ4v) is 3.21. The standard InChI is InChI=1S/C16H18N4O3S/c1-10-6-12-15(18-7-10)20-16(19-12)23-9-24(21)8-13-11(2)14(22-3)4-5-17-13/h4-7H,8-9H2,1-3H3,(H,18,19,20). The molecule has 3 heterocycles. The van der Waals surface area contributed by atoms with E-state index in [4.69, 9.17) is 9.47 Å². The van der Waals surface area contributed by atoms with E-state index in [9.17, 15) is 4.21 Å². The highest BCUT2D eigenvalue weighted by molar-refractivity contribution is 7.84. The minimum Gasteiger partial charge on any atom is -0.496 e. The summed E-state index contributed by atoms with van der Waals surface area (Å²) in [6, 6.07) is 4.02. The summed E-state index contributed by atoms with van der Waals surface area (Å²) in [6.07, 6.45) is 3.38. The van der Waals surface area contributed by atoms with Gasteiger partial charge in [-0.3, -0.25) is 9.19 Å². The molecule has 0 fully saturated rings. The summed E-state index contributed by atoms with van der Waals surface area (Å²) in [5, 5.41) is 0. The lowest BCUT2D eigenvalue weighted by molar-refractivity contribution is 0.359. The van der Waals surface area contributed by atoms with Gasteiger partial charge < -0.3 is 14.5 Å². The zero-order chi connectivity index (χ0) is 17.1. The Morgan fingerprint density at radius 2 is 2.12 bits per heavy atom. The first kappa shape index (κ1) is 16.4. The Hall–Kier alpha value is -2.48. The van der Waals surface area contributed by atoms with Crippen LogP contribution in [0.15, 0.2) is 24.5 Å². The number of imidazole rings is 1. The van der Waals surface area contributed by atoms with Crippen molar-refractivity contribution in [2.24, 2.45) is 0 Å². The van der Waals surface area contributed by atoms with E-state index >= 15 is 0 Å². The average Bonchev–Trinajstić information content (AvgIpc) is 2.97. The largest absolute Gasteiger partial charge is 0.496 e. The van der Waals surface area contributed by atoms with E-state index in [1.54, 1.807) is 25.6 Å². The minimum atomic E-state index is -1.24. The summed E-state index contributed by atoms with van der Waals surface area (Å²) < 4.78 is 23.0. The van der Waals surface area contributed by atoms with Gasteiger partial charge in [-0.25, -0.2) is 4.98 Å². The molecule has 0 aromatic carbocycles. The Bertz CT molecular complexity index is 894. The summed E-state index contributed by atoms with van der Waals surface area (Å²) in [5.74, 6) is 1.05. The number of methoxy groups -OCH3 is 1. The Morgan fingerprint density at radius 3 is 2.92 bits per heavy atom. The molecule has 1 N–H and O–H groups in total. The van der Waals surface area contributed by atoms with Crippen LogP contribution in [0.2, 0.25) is 0 Å². The molecule has 0 saturated heterocycles. The fraction of sp³-hybridized carbons (Fsp3) is 0.312. The molecular formula is C16H18N4O3S. The van der Waals surface area contributed by atoms with E-state index in [-0.39, 0.29) is 5.94 Å². The van der Waals surface area contributed by atoms with Gasteiger partial charge >= 0.3 is 0 Å². The molecule has 3 aromatic rings. The number of nitrogens with zero attached hydrogens (tertiary/aromatic N) is 3. The van der Waals surface area contributed by atoms with Gasteiger partial charge in [-0.1, -0.05) is 0 Å². The van der Waals surface area contributed by atoms with Crippen molar-refractivity contribution in [3.63, 3.8) is 0 Å². The first-order chi connectivity index (χ1) is 11.6. The van der Waals surface area contributed by atoms with Crippen LogP contribution in [0.5, 0.6) is 11.8 Å². The molecule has 1 unspecified atom stereocenters. The van der Waals surface area contributed by atoms with Gasteiger partial charge in [0.25, 0.3) is 6.01 Å². The third kappa shape index (κ3) is 3.53. The number of hydrogen-bond donors (Lipinski definition) is 1. The van der Waals surface area contributed by atoms with Gasteiger partial charge in [0, 0.05) is 18.0 Å². The summed E-state index contributed by atoms with van der Waals surface area (Å²) in [4.78, 5) is 15.7. The lowest BCUT2D eigenvalue weighted by Crippen LogP contribution is -2.10. The number of fused-ring (bicyclic) bond motifs is 1. The molecule has 8 heteroatoms. The quantitative estimate of drug-likeness (QED) is 0.736. The number of nitrogens with one attached hydrogen (secondary N) is 1. The molecule has 0 aliphatic heterocycles. The van der Waals surface area contributed by atoms with Gasteiger partial charge in [-0.2, -0.15) is 4.98 Å². The van der Waals surface area contributed by atoms with Gasteiger partial charge in [-0.05, 0) is 31.5 Å². The van der Waals surface area contributed by atoms with Crippen LogP contribution >= 0.6 is 0 Å². The van der Waals surface area contributed by atoms with Crippen LogP contribution in [0.3, 0.4) is 0 Å². The smallest absolute Gasteiger partial charge is 0.297 e. The summed E-state index contributed by atoms with van der Waals surface area (Å²) in [5.41, 5.74) is 4.02. The minimum absolute atomic E-state index is 0.0249. The van der Waals surface area contributed by atoms with Crippen molar-refractivity contribution in [2.45, 2.75) is 19.6 Å². The van der Waals surface area contributed by atoms with E-state index in [1.165, 1.54) is 0 Å². The first-order valence-electron chi connectivity index (χ1n) is 7.35. The maximum Gasteiger partial charge on any atom is 0.297 e. The second-order valence-corrected chi connectivity index (χ2v) is 6.76. The number of rotatable bonds is 6. The Labute approximate surface area is 141 Å². The molecule has 0 radical (unpaired) electrons. The highest BCUT2D eigenvalue weighted by atomic mass is 32.2. The zero-order valence-corrected chi connectivity index (χ0v) is 14.5. The first-order valence-corrected chi connectivity index (χ1v) is 8.84. The Morgan fingerprint density at radius 1 is 1.29 bits per heavy atom. The van der Waals surface area contributed by atoms with Crippen molar-refractivity contribution < 1.29 is 13.7 Å². The highest BCUT2D eigenvalue weighted by Crippen LogP contribution is 2.20. The normalized spacial score (nSPS) is 12.3. The van der Waals surface area contributed by atoms with Crippen LogP contribution in [0.25, 0.3) is 11.2 Å². The summed E-state index contributed by atoms with van der Waals surface area (Å²) in [7, 11) is 0.362. The second kappa shape index (κ2) is 6.96. The fourth-order valence-electron chi connectivity index (χ4n) is 2.29. The van der Waals surface area contributed by atoms with Gasteiger partial charge in [0.2, 0.25) is 0 Å². The zero-order valence-electron chi connectivity index (χ0n) is 13.7. The van der Waals surface area contributed by atoms with Crippen LogP contribution in [0.4, 0.5) is 0 Å². The van der Waals surface area contributed by atoms with Crippen LogP contribution in [-0.2, 0) is 16.6 Å². The molecule has 0 amide bonds. The monoisotopic (exact) mass is 346 g/mol. The van der Waals surface area contributed by atoms with Crippen molar-refractivity contribution >= 4 is 22.0 Å². The van der Waals surface area contributed by atoms with Crippen LogP contribution < -0.4 is 9.47 Å². The molecule has 3 rings (SSSR count). The highest BCUT2D eigenvalue weighted by Gasteiger charge is 2.11. The lowest BCUT2D eigenvalue weighted by atomic mass is 10.2. The summed E-state index contributed by atoms with van der Waals surface area (Å²) >= 11 is 0.